The van der Waals surface area contributed by atoms with Crippen molar-refractivity contribution in [3.8, 4) is 34.5 Å². The minimum absolute atomic E-state index is 0. The molecule has 1 aliphatic heterocycles. The van der Waals surface area contributed by atoms with Crippen molar-refractivity contribution in [3.63, 3.8) is 0 Å². The standard InChI is InChI=1S/C39H32OP2.C16H12N2O.3CH2Cl2.Cu.F6P/c1-39(2)33-25-15-27-35(41(29-17-7-3-8-18-29)30-19-9-4-10-20-30)37(33)40-38-34(39)26-16-28-36(38)42(31-21-11-5-12-22-31)32-23-13-6-14-24-32;1-2-7-13(8-3-1)19-16-11-6-10-15(18-16)14-9-4-5-12-17-14;3*2-1-3;;1-7(2,3,4,5)6/h3-28H,1-2H3;1-12H;3*1H2;;/q;;;;;+1;-1/p+2. The van der Waals surface area contributed by atoms with E-state index in [1.807, 2.05) is 66.7 Å². The molecule has 0 saturated carbocycles. The molecule has 2 aromatic heterocycles. The maximum absolute atomic E-state index is 10.7. The largest absolute Gasteiger partial charge is 1.00 e. The van der Waals surface area contributed by atoms with Crippen LogP contribution in [0.4, 0.5) is 25.2 Å². The van der Waals surface area contributed by atoms with Crippen LogP contribution in [0.2, 0.25) is 0 Å². The Morgan fingerprint density at radius 2 is 0.756 bits per heavy atom. The molecule has 0 fully saturated rings. The Labute approximate surface area is 494 Å². The molecule has 0 radical (unpaired) electrons. The van der Waals surface area contributed by atoms with Crippen LogP contribution >= 0.6 is 93.3 Å². The number of nitrogens with zero attached hydrogens (tertiary/aromatic N) is 2. The predicted octanol–water partition coefficient (Wildman–Crippen LogP) is 18.7. The van der Waals surface area contributed by atoms with Gasteiger partial charge in [-0.25, -0.2) is 4.98 Å². The molecular formula is C58H52Cl6CuF6N2O2P3+2. The minimum atomic E-state index is -10.7. The Bertz CT molecular complexity index is 2950. The van der Waals surface area contributed by atoms with E-state index in [0.29, 0.717) is 5.88 Å². The zero-order valence-corrected chi connectivity index (χ0v) is 49.9. The van der Waals surface area contributed by atoms with Gasteiger partial charge in [-0.1, -0.05) is 141 Å². The van der Waals surface area contributed by atoms with Crippen molar-refractivity contribution in [1.82, 2.24) is 9.97 Å². The summed E-state index contributed by atoms with van der Waals surface area (Å²) in [6.07, 6.45) is 1.75. The van der Waals surface area contributed by atoms with E-state index in [9.17, 15) is 25.2 Å². The van der Waals surface area contributed by atoms with E-state index in [1.165, 1.54) is 43.0 Å². The van der Waals surface area contributed by atoms with Gasteiger partial charge >= 0.3 is 50.1 Å². The summed E-state index contributed by atoms with van der Waals surface area (Å²) in [7, 11) is -13.3. The van der Waals surface area contributed by atoms with Gasteiger partial charge in [0.15, 0.2) is 11.5 Å². The Kier molecular flexibility index (Phi) is 26.2. The molecule has 9 aromatic rings. The second-order valence-electron chi connectivity index (χ2n) is 16.6. The summed E-state index contributed by atoms with van der Waals surface area (Å²) in [6, 6.07) is 78.5. The number of alkyl halides is 6. The first-order valence-electron chi connectivity index (χ1n) is 23.2. The molecule has 0 bridgehead atoms. The van der Waals surface area contributed by atoms with Gasteiger partial charge in [0.2, 0.25) is 5.88 Å². The maximum atomic E-state index is 9.87. The molecule has 78 heavy (non-hydrogen) atoms. The van der Waals surface area contributed by atoms with Gasteiger partial charge in [-0.15, -0.1) is 69.6 Å². The van der Waals surface area contributed by atoms with E-state index in [-0.39, 0.29) is 38.5 Å². The van der Waals surface area contributed by atoms with Crippen molar-refractivity contribution in [3.05, 3.63) is 242 Å². The number of para-hydroxylation sites is 3. The summed E-state index contributed by atoms with van der Waals surface area (Å²) in [6.45, 7) is 4.71. The molecule has 3 heterocycles. The van der Waals surface area contributed by atoms with E-state index in [1.54, 1.807) is 6.20 Å². The Balaban J connectivity index is 0.000000300. The van der Waals surface area contributed by atoms with E-state index in [4.69, 9.17) is 79.1 Å². The van der Waals surface area contributed by atoms with Crippen molar-refractivity contribution in [1.29, 1.82) is 0 Å². The molecule has 0 saturated heterocycles. The monoisotopic (exact) mass is 1290 g/mol. The zero-order chi connectivity index (χ0) is 56.0. The number of pyridine rings is 2. The van der Waals surface area contributed by atoms with E-state index in [2.05, 4.69) is 182 Å². The van der Waals surface area contributed by atoms with Crippen molar-refractivity contribution in [2.75, 3.05) is 16.0 Å². The van der Waals surface area contributed by atoms with E-state index >= 15 is 0 Å². The first-order valence-corrected chi connectivity index (χ1v) is 31.4. The molecule has 0 unspecified atom stereocenters. The Hall–Kier alpha value is -4.43. The van der Waals surface area contributed by atoms with Crippen LogP contribution < -0.4 is 41.3 Å². The summed E-state index contributed by atoms with van der Waals surface area (Å²) in [5.74, 6) is 3.40. The molecule has 4 nitrogen and oxygen atoms in total. The Morgan fingerprint density at radius 1 is 0.436 bits per heavy atom. The minimum Gasteiger partial charge on any atom is -0.439 e. The van der Waals surface area contributed by atoms with Crippen LogP contribution in [-0.2, 0) is 22.5 Å². The number of fused-ring (bicyclic) bond motifs is 2. The van der Waals surface area contributed by atoms with Crippen molar-refractivity contribution < 1.29 is 51.7 Å². The van der Waals surface area contributed by atoms with Crippen LogP contribution in [0.5, 0.6) is 23.1 Å². The smallest absolute Gasteiger partial charge is 0.439 e. The topological polar surface area (TPSA) is 44.2 Å². The van der Waals surface area contributed by atoms with Crippen LogP contribution in [0.25, 0.3) is 11.4 Å². The Morgan fingerprint density at radius 3 is 1.10 bits per heavy atom. The van der Waals surface area contributed by atoms with Crippen molar-refractivity contribution >= 4 is 125 Å². The third-order valence-electron chi connectivity index (χ3n) is 11.0. The van der Waals surface area contributed by atoms with Gasteiger partial charge < -0.3 is 9.47 Å². The zero-order valence-electron chi connectivity index (χ0n) is 41.6. The van der Waals surface area contributed by atoms with Crippen LogP contribution in [0.1, 0.15) is 25.0 Å². The summed E-state index contributed by atoms with van der Waals surface area (Å²) in [5, 5.41) is 8.64. The first kappa shape index (κ1) is 66.1. The number of hydrogen-bond acceptors (Lipinski definition) is 4. The summed E-state index contributed by atoms with van der Waals surface area (Å²) in [5.41, 5.74) is 3.93. The summed E-state index contributed by atoms with van der Waals surface area (Å²) in [4.78, 5) is 8.73. The van der Waals surface area contributed by atoms with Crippen molar-refractivity contribution in [2.24, 2.45) is 0 Å². The maximum Gasteiger partial charge on any atom is 1.00 e. The normalized spacial score (nSPS) is 12.4. The number of halogens is 12. The SMILES string of the molecule is CC1(C)c2cccc([PH+](c3ccccc3)c3ccccc3)c2Oc2c([PH+](c3ccccc3)c3ccccc3)cccc21.ClCCl.ClCCl.ClCCl.F[P-](F)(F)(F)(F)F.[Cu+].c1ccc(Oc2cccc(-c3ccccn3)n2)cc1. The molecule has 0 spiro atoms. The quantitative estimate of drug-likeness (QED) is 0.0625. The molecule has 1 aliphatic rings. The number of benzene rings is 7. The second-order valence-corrected chi connectivity index (χ2v) is 25.8. The van der Waals surface area contributed by atoms with Gasteiger partial charge in [0.05, 0.1) is 27.4 Å². The van der Waals surface area contributed by atoms with Crippen molar-refractivity contribution in [2.45, 2.75) is 19.3 Å². The molecule has 414 valence electrons. The average Bonchev–Trinajstić information content (AvgIpc) is 3.48. The molecule has 0 atom stereocenters. The molecule has 0 aliphatic carbocycles. The summed E-state index contributed by atoms with van der Waals surface area (Å²) < 4.78 is 72.2. The first-order chi connectivity index (χ1) is 36.7. The summed E-state index contributed by atoms with van der Waals surface area (Å²) >= 11 is 28.6. The molecule has 7 aromatic carbocycles. The van der Waals surface area contributed by atoms with Gasteiger partial charge in [0.25, 0.3) is 0 Å². The molecule has 0 N–H and O–H groups in total. The fraction of sp³-hybridized carbons (Fsp3) is 0.103. The number of rotatable bonds is 9. The fourth-order valence-corrected chi connectivity index (χ4v) is 13.4. The van der Waals surface area contributed by atoms with Crippen LogP contribution in [0.3, 0.4) is 0 Å². The fourth-order valence-electron chi connectivity index (χ4n) is 8.03. The third-order valence-corrected chi connectivity index (χ3v) is 16.5. The molecule has 10 rings (SSSR count). The van der Waals surface area contributed by atoms with E-state index in [0.717, 1.165) is 28.6 Å². The van der Waals surface area contributed by atoms with Gasteiger partial charge in [-0.2, -0.15) is 0 Å². The van der Waals surface area contributed by atoms with Gasteiger partial charge in [-0.3, -0.25) is 4.98 Å². The van der Waals surface area contributed by atoms with Crippen LogP contribution in [-0.4, -0.2) is 26.0 Å². The average molecular weight is 1290 g/mol. The number of aromatic nitrogens is 2. The van der Waals surface area contributed by atoms with Gasteiger partial charge in [0.1, 0.15) is 53.4 Å². The van der Waals surface area contributed by atoms with Crippen LogP contribution in [0.15, 0.2) is 231 Å². The molecule has 20 heteroatoms. The van der Waals surface area contributed by atoms with Gasteiger partial charge in [-0.05, 0) is 91.0 Å². The molecule has 0 amide bonds. The molecular weight excluding hydrogens is 1240 g/mol. The van der Waals surface area contributed by atoms with E-state index < -0.39 is 23.7 Å². The third kappa shape index (κ3) is 21.2. The van der Waals surface area contributed by atoms with Gasteiger partial charge in [0, 0.05) is 28.8 Å². The predicted molar refractivity (Wildman–Crippen MR) is 323 cm³/mol. The second kappa shape index (κ2) is 31.0. The number of ether oxygens (including phenoxy) is 2. The number of hydrogen-bond donors (Lipinski definition) is 0. The van der Waals surface area contributed by atoms with Crippen LogP contribution in [0, 0.1) is 0 Å².